The van der Waals surface area contributed by atoms with Crippen LogP contribution in [0.25, 0.3) is 22.0 Å². The van der Waals surface area contributed by atoms with E-state index < -0.39 is 5.91 Å². The Kier molecular flexibility index (Phi) is 4.13. The quantitative estimate of drug-likeness (QED) is 0.567. The highest BCUT2D eigenvalue weighted by atomic mass is 32.1. The molecule has 1 aliphatic rings. The molecule has 0 atom stereocenters. The third kappa shape index (κ3) is 3.07. The molecule has 0 saturated carbocycles. The van der Waals surface area contributed by atoms with Crippen LogP contribution in [0.2, 0.25) is 0 Å². The lowest BCUT2D eigenvalue weighted by molar-refractivity contribution is 0.102. The van der Waals surface area contributed by atoms with Gasteiger partial charge >= 0.3 is 0 Å². The Labute approximate surface area is 169 Å². The highest BCUT2D eigenvalue weighted by molar-refractivity contribution is 7.14. The smallest absolute Gasteiger partial charge is 0.278 e. The number of aryl methyl sites for hydroxylation is 1. The van der Waals surface area contributed by atoms with Crippen molar-refractivity contribution in [2.24, 2.45) is 7.05 Å². The number of amides is 1. The van der Waals surface area contributed by atoms with E-state index in [2.05, 4.69) is 21.5 Å². The summed E-state index contributed by atoms with van der Waals surface area (Å²) in [6, 6.07) is 12.9. The number of nitrogens with zero attached hydrogens (tertiary/aromatic N) is 3. The Morgan fingerprint density at radius 2 is 2.03 bits per heavy atom. The third-order valence-electron chi connectivity index (χ3n) is 4.88. The number of hydrogen-bond donors (Lipinski definition) is 1. The number of anilines is 1. The van der Waals surface area contributed by atoms with Gasteiger partial charge in [0.25, 0.3) is 11.5 Å². The van der Waals surface area contributed by atoms with E-state index in [4.69, 9.17) is 4.74 Å². The lowest BCUT2D eigenvalue weighted by Crippen LogP contribution is -2.25. The van der Waals surface area contributed by atoms with Crippen molar-refractivity contribution in [3.05, 3.63) is 69.5 Å². The third-order valence-corrected chi connectivity index (χ3v) is 5.64. The summed E-state index contributed by atoms with van der Waals surface area (Å²) < 4.78 is 6.72. The maximum atomic E-state index is 12.9. The molecule has 7 nitrogen and oxygen atoms in total. The lowest BCUT2D eigenvalue weighted by atomic mass is 10.1. The molecule has 0 fully saturated rings. The van der Waals surface area contributed by atoms with Crippen LogP contribution < -0.4 is 15.6 Å². The van der Waals surface area contributed by atoms with Gasteiger partial charge in [0.1, 0.15) is 5.75 Å². The molecule has 5 rings (SSSR count). The normalized spacial score (nSPS) is 12.6. The van der Waals surface area contributed by atoms with Gasteiger partial charge in [0, 0.05) is 29.8 Å². The Bertz CT molecular complexity index is 1330. The molecule has 8 heteroatoms. The predicted molar refractivity (Wildman–Crippen MR) is 112 cm³/mol. The number of carbonyl (C=O) groups is 1. The first-order valence-electron chi connectivity index (χ1n) is 9.09. The lowest BCUT2D eigenvalue weighted by Gasteiger charge is -2.07. The van der Waals surface area contributed by atoms with E-state index in [0.29, 0.717) is 22.5 Å². The maximum absolute atomic E-state index is 12.9. The molecule has 144 valence electrons. The number of rotatable bonds is 3. The van der Waals surface area contributed by atoms with Gasteiger partial charge in [-0.1, -0.05) is 18.2 Å². The fourth-order valence-electron chi connectivity index (χ4n) is 3.43. The number of thiazole rings is 1. The Hall–Kier alpha value is -3.52. The highest BCUT2D eigenvalue weighted by Gasteiger charge is 2.18. The number of ether oxygens (including phenoxy) is 1. The van der Waals surface area contributed by atoms with E-state index in [9.17, 15) is 9.59 Å². The average molecular weight is 404 g/mol. The molecular weight excluding hydrogens is 388 g/mol. The molecule has 2 aromatic heterocycles. The van der Waals surface area contributed by atoms with Crippen molar-refractivity contribution in [2.75, 3.05) is 11.9 Å². The standard InChI is InChI=1S/C21H16N4O3S/c1-25-20(27)15-5-3-2-4-14(15)18(24-25)19(26)23-21-22-16(11-29-21)12-6-7-17-13(10-12)8-9-28-17/h2-7,10-11H,8-9H2,1H3,(H,22,23,26). The molecule has 0 radical (unpaired) electrons. The molecule has 2 aromatic carbocycles. The minimum atomic E-state index is -0.403. The van der Waals surface area contributed by atoms with Crippen molar-refractivity contribution >= 4 is 33.1 Å². The summed E-state index contributed by atoms with van der Waals surface area (Å²) in [5.41, 5.74) is 2.89. The molecule has 0 saturated heterocycles. The van der Waals surface area contributed by atoms with Gasteiger partial charge in [0.15, 0.2) is 10.8 Å². The molecule has 29 heavy (non-hydrogen) atoms. The number of aromatic nitrogens is 3. The first-order valence-corrected chi connectivity index (χ1v) is 9.97. The van der Waals surface area contributed by atoms with E-state index in [1.54, 1.807) is 24.3 Å². The maximum Gasteiger partial charge on any atom is 0.278 e. The van der Waals surface area contributed by atoms with Crippen molar-refractivity contribution < 1.29 is 9.53 Å². The number of benzene rings is 2. The zero-order valence-corrected chi connectivity index (χ0v) is 16.3. The van der Waals surface area contributed by atoms with Crippen LogP contribution in [0.5, 0.6) is 5.75 Å². The molecular formula is C21H16N4O3S. The predicted octanol–water partition coefficient (Wildman–Crippen LogP) is 3.24. The van der Waals surface area contributed by atoms with E-state index >= 15 is 0 Å². The summed E-state index contributed by atoms with van der Waals surface area (Å²) >= 11 is 1.34. The van der Waals surface area contributed by atoms with E-state index in [0.717, 1.165) is 23.4 Å². The van der Waals surface area contributed by atoms with Gasteiger partial charge in [-0.3, -0.25) is 14.9 Å². The van der Waals surface area contributed by atoms with Crippen molar-refractivity contribution in [1.29, 1.82) is 0 Å². The summed E-state index contributed by atoms with van der Waals surface area (Å²) in [6.45, 7) is 0.706. The molecule has 4 aromatic rings. The highest BCUT2D eigenvalue weighted by Crippen LogP contribution is 2.32. The SMILES string of the molecule is Cn1nc(C(=O)Nc2nc(-c3ccc4c(c3)CCO4)cs2)c2ccccc2c1=O. The van der Waals surface area contributed by atoms with Crippen LogP contribution in [0, 0.1) is 0 Å². The monoisotopic (exact) mass is 404 g/mol. The molecule has 0 bridgehead atoms. The molecule has 1 amide bonds. The Morgan fingerprint density at radius 1 is 1.21 bits per heavy atom. The van der Waals surface area contributed by atoms with Crippen LogP contribution in [-0.4, -0.2) is 27.3 Å². The molecule has 3 heterocycles. The summed E-state index contributed by atoms with van der Waals surface area (Å²) in [6.07, 6.45) is 0.891. The first kappa shape index (κ1) is 17.6. The van der Waals surface area contributed by atoms with Crippen LogP contribution in [-0.2, 0) is 13.5 Å². The minimum Gasteiger partial charge on any atom is -0.493 e. The number of carbonyl (C=O) groups excluding carboxylic acids is 1. The van der Waals surface area contributed by atoms with Gasteiger partial charge in [0.05, 0.1) is 17.7 Å². The Morgan fingerprint density at radius 3 is 2.90 bits per heavy atom. The van der Waals surface area contributed by atoms with Crippen molar-refractivity contribution in [2.45, 2.75) is 6.42 Å². The van der Waals surface area contributed by atoms with Crippen molar-refractivity contribution in [1.82, 2.24) is 14.8 Å². The molecule has 0 unspecified atom stereocenters. The number of fused-ring (bicyclic) bond motifs is 2. The largest absolute Gasteiger partial charge is 0.493 e. The summed E-state index contributed by atoms with van der Waals surface area (Å²) in [5.74, 6) is 0.519. The average Bonchev–Trinajstić information content (AvgIpc) is 3.39. The van der Waals surface area contributed by atoms with Crippen LogP contribution in [0.4, 0.5) is 5.13 Å². The zero-order valence-electron chi connectivity index (χ0n) is 15.5. The second kappa shape index (κ2) is 6.82. The summed E-state index contributed by atoms with van der Waals surface area (Å²) in [5, 5.41) is 10.3. The molecule has 0 spiro atoms. The fraction of sp³-hybridized carbons (Fsp3) is 0.143. The van der Waals surface area contributed by atoms with Crippen LogP contribution in [0.15, 0.2) is 52.6 Å². The molecule has 0 aliphatic carbocycles. The summed E-state index contributed by atoms with van der Waals surface area (Å²) in [4.78, 5) is 29.6. The van der Waals surface area contributed by atoms with Gasteiger partial charge in [0.2, 0.25) is 0 Å². The van der Waals surface area contributed by atoms with Gasteiger partial charge < -0.3 is 4.74 Å². The van der Waals surface area contributed by atoms with Crippen molar-refractivity contribution in [3.63, 3.8) is 0 Å². The van der Waals surface area contributed by atoms with E-state index in [1.165, 1.54) is 28.6 Å². The van der Waals surface area contributed by atoms with Crippen LogP contribution >= 0.6 is 11.3 Å². The van der Waals surface area contributed by atoms with Crippen LogP contribution in [0.1, 0.15) is 16.1 Å². The second-order valence-electron chi connectivity index (χ2n) is 6.74. The summed E-state index contributed by atoms with van der Waals surface area (Å²) in [7, 11) is 1.53. The topological polar surface area (TPSA) is 86.1 Å². The number of hydrogen-bond acceptors (Lipinski definition) is 6. The first-order chi connectivity index (χ1) is 14.1. The zero-order chi connectivity index (χ0) is 20.0. The van der Waals surface area contributed by atoms with E-state index in [1.807, 2.05) is 17.5 Å². The van der Waals surface area contributed by atoms with Gasteiger partial charge in [-0.25, -0.2) is 9.67 Å². The van der Waals surface area contributed by atoms with E-state index in [-0.39, 0.29) is 11.3 Å². The molecule has 1 aliphatic heterocycles. The minimum absolute atomic E-state index is 0.189. The van der Waals surface area contributed by atoms with Gasteiger partial charge in [-0.05, 0) is 29.8 Å². The number of nitrogens with one attached hydrogen (secondary N) is 1. The Balaban J connectivity index is 1.45. The van der Waals surface area contributed by atoms with Gasteiger partial charge in [-0.15, -0.1) is 11.3 Å². The fourth-order valence-corrected chi connectivity index (χ4v) is 4.15. The second-order valence-corrected chi connectivity index (χ2v) is 7.59. The van der Waals surface area contributed by atoms with Gasteiger partial charge in [-0.2, -0.15) is 5.10 Å². The van der Waals surface area contributed by atoms with Crippen LogP contribution in [0.3, 0.4) is 0 Å². The molecule has 1 N–H and O–H groups in total. The van der Waals surface area contributed by atoms with Crippen molar-refractivity contribution in [3.8, 4) is 17.0 Å².